The molecule has 3 nitrogen and oxygen atoms in total. The van der Waals surface area contributed by atoms with Crippen molar-refractivity contribution >= 4 is 5.78 Å². The Hall–Kier alpha value is -0.880. The van der Waals surface area contributed by atoms with Crippen LogP contribution in [0, 0.1) is 40.4 Å². The highest BCUT2D eigenvalue weighted by molar-refractivity contribution is 5.85. The summed E-state index contributed by atoms with van der Waals surface area (Å²) in [5.74, 6) is 0.157. The number of nitrogens with zero attached hydrogens (tertiary/aromatic N) is 1. The topological polar surface area (TPSA) is 50.1 Å². The Labute approximate surface area is 115 Å². The van der Waals surface area contributed by atoms with Gasteiger partial charge in [0.25, 0.3) is 0 Å². The van der Waals surface area contributed by atoms with E-state index in [-0.39, 0.29) is 46.6 Å². The molecule has 3 aliphatic rings. The van der Waals surface area contributed by atoms with Crippen molar-refractivity contribution in [1.29, 1.82) is 5.26 Å². The summed E-state index contributed by atoms with van der Waals surface area (Å²) in [6.45, 7) is 8.40. The molecule has 0 aromatic heterocycles. The van der Waals surface area contributed by atoms with Crippen molar-refractivity contribution in [2.24, 2.45) is 29.1 Å². The van der Waals surface area contributed by atoms with E-state index < -0.39 is 0 Å². The van der Waals surface area contributed by atoms with Crippen LogP contribution in [0.1, 0.15) is 47.0 Å². The minimum absolute atomic E-state index is 0.0541. The van der Waals surface area contributed by atoms with Crippen molar-refractivity contribution in [2.75, 3.05) is 0 Å². The lowest BCUT2D eigenvalue weighted by Gasteiger charge is -2.33. The minimum Gasteiger partial charge on any atom is -0.371 e. The predicted molar refractivity (Wildman–Crippen MR) is 71.2 cm³/mol. The number of carbonyl (C=O) groups is 1. The first-order valence-electron chi connectivity index (χ1n) is 7.41. The van der Waals surface area contributed by atoms with Crippen LogP contribution in [0.15, 0.2) is 0 Å². The third-order valence-corrected chi connectivity index (χ3v) is 5.98. The van der Waals surface area contributed by atoms with Gasteiger partial charge in [-0.05, 0) is 37.5 Å². The Morgan fingerprint density at radius 1 is 1.37 bits per heavy atom. The van der Waals surface area contributed by atoms with E-state index in [1.807, 2.05) is 6.92 Å². The highest BCUT2D eigenvalue weighted by atomic mass is 16.5. The molecule has 0 aromatic carbocycles. The van der Waals surface area contributed by atoms with Gasteiger partial charge < -0.3 is 4.74 Å². The zero-order valence-electron chi connectivity index (χ0n) is 12.3. The van der Waals surface area contributed by atoms with E-state index in [1.54, 1.807) is 0 Å². The van der Waals surface area contributed by atoms with Crippen molar-refractivity contribution in [3.8, 4) is 6.07 Å². The number of hydrogen-bond acceptors (Lipinski definition) is 3. The molecule has 0 spiro atoms. The van der Waals surface area contributed by atoms with Crippen LogP contribution in [0.3, 0.4) is 0 Å². The standard InChI is InChI=1S/C16H23NO2/c1-9-12-5-6-16(4,19-12)10-7-15(2,3)11(8-17)13(10)14(9)18/h9-13H,5-7H2,1-4H3/t9-,10-,11+,12+,13-,16-/m1/s1. The number of hydrogen-bond donors (Lipinski definition) is 0. The van der Waals surface area contributed by atoms with Gasteiger partial charge in [0, 0.05) is 11.8 Å². The fraction of sp³-hybridized carbons (Fsp3) is 0.875. The number of ketones is 1. The fourth-order valence-corrected chi connectivity index (χ4v) is 4.76. The fourth-order valence-electron chi connectivity index (χ4n) is 4.76. The normalized spacial score (nSPS) is 51.5. The molecule has 104 valence electrons. The van der Waals surface area contributed by atoms with E-state index in [9.17, 15) is 10.1 Å². The summed E-state index contributed by atoms with van der Waals surface area (Å²) in [5.41, 5.74) is -0.278. The van der Waals surface area contributed by atoms with Gasteiger partial charge in [-0.3, -0.25) is 4.79 Å². The van der Waals surface area contributed by atoms with Crippen LogP contribution >= 0.6 is 0 Å². The third-order valence-electron chi connectivity index (χ3n) is 5.98. The van der Waals surface area contributed by atoms with E-state index in [1.165, 1.54) is 0 Å². The van der Waals surface area contributed by atoms with Crippen molar-refractivity contribution < 1.29 is 9.53 Å². The van der Waals surface area contributed by atoms with E-state index in [0.29, 0.717) is 0 Å². The Morgan fingerprint density at radius 2 is 2.05 bits per heavy atom. The second kappa shape index (κ2) is 3.82. The van der Waals surface area contributed by atoms with Crippen molar-refractivity contribution in [3.63, 3.8) is 0 Å². The number of Topliss-reactive ketones (excluding diaryl/α,β-unsaturated/α-hetero) is 1. The van der Waals surface area contributed by atoms with Crippen molar-refractivity contribution in [2.45, 2.75) is 58.7 Å². The first kappa shape index (κ1) is 13.1. The lowest BCUT2D eigenvalue weighted by molar-refractivity contribution is -0.129. The molecule has 0 radical (unpaired) electrons. The molecule has 0 N–H and O–H groups in total. The summed E-state index contributed by atoms with van der Waals surface area (Å²) in [4.78, 5) is 12.8. The zero-order chi connectivity index (χ0) is 14.0. The number of rotatable bonds is 0. The monoisotopic (exact) mass is 261 g/mol. The summed E-state index contributed by atoms with van der Waals surface area (Å²) in [6.07, 6.45) is 3.03. The van der Waals surface area contributed by atoms with E-state index >= 15 is 0 Å². The van der Waals surface area contributed by atoms with Crippen LogP contribution in [-0.4, -0.2) is 17.5 Å². The smallest absolute Gasteiger partial charge is 0.143 e. The van der Waals surface area contributed by atoms with Gasteiger partial charge in [0.05, 0.1) is 23.7 Å². The molecule has 0 aromatic rings. The van der Waals surface area contributed by atoms with Gasteiger partial charge in [-0.25, -0.2) is 0 Å². The summed E-state index contributed by atoms with van der Waals surface area (Å²) in [7, 11) is 0. The summed E-state index contributed by atoms with van der Waals surface area (Å²) >= 11 is 0. The number of fused-ring (bicyclic) bond motifs is 4. The lowest BCUT2D eigenvalue weighted by Crippen LogP contribution is -2.39. The molecule has 6 atom stereocenters. The van der Waals surface area contributed by atoms with Crippen molar-refractivity contribution in [1.82, 2.24) is 0 Å². The summed E-state index contributed by atoms with van der Waals surface area (Å²) < 4.78 is 6.26. The van der Waals surface area contributed by atoms with Crippen LogP contribution in [-0.2, 0) is 9.53 Å². The van der Waals surface area contributed by atoms with Crippen LogP contribution in [0.5, 0.6) is 0 Å². The Morgan fingerprint density at radius 3 is 2.68 bits per heavy atom. The minimum atomic E-state index is -0.196. The van der Waals surface area contributed by atoms with Crippen molar-refractivity contribution in [3.05, 3.63) is 0 Å². The molecular formula is C16H23NO2. The van der Waals surface area contributed by atoms with Crippen LogP contribution in [0.25, 0.3) is 0 Å². The van der Waals surface area contributed by atoms with E-state index in [2.05, 4.69) is 26.8 Å². The molecule has 3 fully saturated rings. The molecular weight excluding hydrogens is 238 g/mol. The zero-order valence-corrected chi connectivity index (χ0v) is 12.3. The lowest BCUT2D eigenvalue weighted by atomic mass is 9.71. The molecule has 2 saturated heterocycles. The third kappa shape index (κ3) is 1.62. The second-order valence-electron chi connectivity index (χ2n) is 7.63. The molecule has 3 heteroatoms. The molecule has 2 aliphatic heterocycles. The SMILES string of the molecule is C[C@H]1C(=O)[C@@H]2[C@@H](CC(C)(C)[C@H]2C#N)[C@@]2(C)CC[C@@H]1O2. The predicted octanol–water partition coefficient (Wildman–Crippen LogP) is 2.94. The maximum absolute atomic E-state index is 12.8. The molecule has 2 bridgehead atoms. The highest BCUT2D eigenvalue weighted by Crippen LogP contribution is 2.59. The Balaban J connectivity index is 2.08. The van der Waals surface area contributed by atoms with Gasteiger partial charge in [-0.2, -0.15) is 5.26 Å². The second-order valence-corrected chi connectivity index (χ2v) is 7.63. The van der Waals surface area contributed by atoms with E-state index in [4.69, 9.17) is 4.74 Å². The molecule has 3 rings (SSSR count). The Bertz CT molecular complexity index is 464. The molecule has 1 saturated carbocycles. The maximum Gasteiger partial charge on any atom is 0.143 e. The molecule has 0 amide bonds. The number of nitriles is 1. The molecule has 19 heavy (non-hydrogen) atoms. The van der Waals surface area contributed by atoms with Gasteiger partial charge in [-0.1, -0.05) is 20.8 Å². The average Bonchev–Trinajstić information content (AvgIpc) is 2.84. The molecule has 1 aliphatic carbocycles. The largest absolute Gasteiger partial charge is 0.371 e. The average molecular weight is 261 g/mol. The van der Waals surface area contributed by atoms with Gasteiger partial charge >= 0.3 is 0 Å². The molecule has 2 heterocycles. The van der Waals surface area contributed by atoms with Crippen LogP contribution in [0.2, 0.25) is 0 Å². The quantitative estimate of drug-likeness (QED) is 0.673. The van der Waals surface area contributed by atoms with Gasteiger partial charge in [0.15, 0.2) is 0 Å². The highest BCUT2D eigenvalue weighted by Gasteiger charge is 2.62. The maximum atomic E-state index is 12.8. The first-order valence-corrected chi connectivity index (χ1v) is 7.41. The first-order chi connectivity index (χ1) is 8.80. The van der Waals surface area contributed by atoms with E-state index in [0.717, 1.165) is 19.3 Å². The molecule has 0 unspecified atom stereocenters. The Kier molecular flexibility index (Phi) is 2.64. The summed E-state index contributed by atoms with van der Waals surface area (Å²) in [5, 5.41) is 9.55. The van der Waals surface area contributed by atoms with Crippen LogP contribution in [0.4, 0.5) is 0 Å². The number of carbonyl (C=O) groups excluding carboxylic acids is 1. The number of ether oxygens (including phenoxy) is 1. The van der Waals surface area contributed by atoms with Crippen LogP contribution < -0.4 is 0 Å². The van der Waals surface area contributed by atoms with Gasteiger partial charge in [0.1, 0.15) is 5.78 Å². The van der Waals surface area contributed by atoms with Gasteiger partial charge in [0.2, 0.25) is 0 Å². The summed E-state index contributed by atoms with van der Waals surface area (Å²) in [6, 6.07) is 2.43. The van der Waals surface area contributed by atoms with Gasteiger partial charge in [-0.15, -0.1) is 0 Å².